The van der Waals surface area contributed by atoms with E-state index in [4.69, 9.17) is 11.7 Å². The molecule has 0 amide bonds. The van der Waals surface area contributed by atoms with Gasteiger partial charge in [-0.2, -0.15) is 5.26 Å². The zero-order valence-electron chi connectivity index (χ0n) is 10.5. The van der Waals surface area contributed by atoms with E-state index in [1.807, 2.05) is 0 Å². The Morgan fingerprint density at radius 1 is 1.12 bits per heavy atom. The fraction of sp³-hybridized carbons (Fsp3) is 0.786. The molecular weight excluding hydrogens is 196 g/mol. The van der Waals surface area contributed by atoms with Crippen LogP contribution >= 0.6 is 0 Å². The van der Waals surface area contributed by atoms with Crippen molar-refractivity contribution >= 4 is 0 Å². The molecule has 0 heterocycles. The van der Waals surface area contributed by atoms with Crippen LogP contribution in [0, 0.1) is 23.7 Å². The van der Waals surface area contributed by atoms with Crippen molar-refractivity contribution in [2.75, 3.05) is 6.54 Å². The van der Waals surface area contributed by atoms with Gasteiger partial charge in [0.2, 0.25) is 0 Å². The summed E-state index contributed by atoms with van der Waals surface area (Å²) in [4.78, 5) is 0. The van der Waals surface area contributed by atoms with Gasteiger partial charge in [0.15, 0.2) is 0 Å². The lowest BCUT2D eigenvalue weighted by Crippen LogP contribution is -2.27. The number of nitrogens with one attached hydrogen (secondary N) is 1. The van der Waals surface area contributed by atoms with E-state index in [2.05, 4.69) is 24.2 Å². The molecule has 0 aromatic carbocycles. The van der Waals surface area contributed by atoms with Crippen molar-refractivity contribution in [1.82, 2.24) is 5.32 Å². The third-order valence-corrected chi connectivity index (χ3v) is 2.70. The zero-order chi connectivity index (χ0) is 12.1. The predicted molar refractivity (Wildman–Crippen MR) is 68.8 cm³/mol. The van der Waals surface area contributed by atoms with E-state index >= 15 is 0 Å². The highest BCUT2D eigenvalue weighted by Crippen LogP contribution is 2.09. The molecule has 90 valence electrons. The number of nitriles is 1. The highest BCUT2D eigenvalue weighted by molar-refractivity contribution is 4.95. The van der Waals surface area contributed by atoms with E-state index in [1.165, 1.54) is 38.5 Å². The molecule has 0 saturated heterocycles. The Morgan fingerprint density at radius 3 is 2.31 bits per heavy atom. The third-order valence-electron chi connectivity index (χ3n) is 2.70. The molecule has 0 aliphatic rings. The summed E-state index contributed by atoms with van der Waals surface area (Å²) in [7, 11) is 0. The van der Waals surface area contributed by atoms with Crippen LogP contribution in [-0.2, 0) is 0 Å². The molecule has 0 spiro atoms. The first-order valence-corrected chi connectivity index (χ1v) is 6.41. The molecule has 16 heavy (non-hydrogen) atoms. The maximum Gasteiger partial charge on any atom is 0.0960 e. The molecule has 1 N–H and O–H groups in total. The second kappa shape index (κ2) is 12.1. The SMILES string of the molecule is C#CCNC(C#N)CCCCCCCCC. The minimum Gasteiger partial charge on any atom is -0.291 e. The Hall–Kier alpha value is -0.990. The molecule has 0 radical (unpaired) electrons. The quantitative estimate of drug-likeness (QED) is 0.453. The molecule has 0 rings (SSSR count). The van der Waals surface area contributed by atoms with Gasteiger partial charge in [-0.3, -0.25) is 5.32 Å². The lowest BCUT2D eigenvalue weighted by Gasteiger charge is -2.08. The van der Waals surface area contributed by atoms with Gasteiger partial charge in [0.1, 0.15) is 0 Å². The number of unbranched alkanes of at least 4 members (excludes halogenated alkanes) is 6. The lowest BCUT2D eigenvalue weighted by atomic mass is 10.1. The number of terminal acetylenes is 1. The van der Waals surface area contributed by atoms with Crippen molar-refractivity contribution in [3.63, 3.8) is 0 Å². The molecule has 0 aromatic heterocycles. The Bertz CT molecular complexity index is 222. The minimum absolute atomic E-state index is 0.0632. The van der Waals surface area contributed by atoms with Crippen molar-refractivity contribution in [1.29, 1.82) is 5.26 Å². The molecule has 1 atom stereocenters. The molecule has 0 saturated carbocycles. The van der Waals surface area contributed by atoms with Gasteiger partial charge in [-0.05, 0) is 6.42 Å². The largest absolute Gasteiger partial charge is 0.291 e. The highest BCUT2D eigenvalue weighted by Gasteiger charge is 2.04. The van der Waals surface area contributed by atoms with Gasteiger partial charge in [-0.1, -0.05) is 57.8 Å². The summed E-state index contributed by atoms with van der Waals surface area (Å²) in [6, 6.07) is 2.18. The van der Waals surface area contributed by atoms with Crippen molar-refractivity contribution in [3.05, 3.63) is 0 Å². The Balaban J connectivity index is 3.29. The first kappa shape index (κ1) is 15.0. The molecule has 1 unspecified atom stereocenters. The van der Waals surface area contributed by atoms with Gasteiger partial charge >= 0.3 is 0 Å². The summed E-state index contributed by atoms with van der Waals surface area (Å²) in [6.45, 7) is 2.73. The van der Waals surface area contributed by atoms with Crippen LogP contribution in [0.4, 0.5) is 0 Å². The molecular formula is C14H24N2. The van der Waals surface area contributed by atoms with Crippen molar-refractivity contribution in [3.8, 4) is 18.4 Å². The standard InChI is InChI=1S/C14H24N2/c1-3-5-6-7-8-9-10-11-14(13-15)16-12-4-2/h2,14,16H,3,5-12H2,1H3. The number of hydrogen-bond acceptors (Lipinski definition) is 2. The molecule has 0 bridgehead atoms. The fourth-order valence-corrected chi connectivity index (χ4v) is 1.70. The van der Waals surface area contributed by atoms with Crippen molar-refractivity contribution in [2.24, 2.45) is 0 Å². The molecule has 2 nitrogen and oxygen atoms in total. The Morgan fingerprint density at radius 2 is 1.75 bits per heavy atom. The second-order valence-corrected chi connectivity index (χ2v) is 4.18. The van der Waals surface area contributed by atoms with E-state index in [0.29, 0.717) is 6.54 Å². The Labute approximate surface area is 100 Å². The summed E-state index contributed by atoms with van der Waals surface area (Å²) in [6.07, 6.45) is 15.1. The van der Waals surface area contributed by atoms with Gasteiger partial charge in [-0.25, -0.2) is 0 Å². The van der Waals surface area contributed by atoms with Crippen molar-refractivity contribution < 1.29 is 0 Å². The van der Waals surface area contributed by atoms with Crippen LogP contribution in [0.25, 0.3) is 0 Å². The molecule has 2 heteroatoms. The molecule has 0 aliphatic heterocycles. The number of nitrogens with zero attached hydrogens (tertiary/aromatic N) is 1. The summed E-state index contributed by atoms with van der Waals surface area (Å²) in [5.74, 6) is 2.50. The summed E-state index contributed by atoms with van der Waals surface area (Å²) in [5, 5.41) is 11.9. The average Bonchev–Trinajstić information content (AvgIpc) is 2.32. The van der Waals surface area contributed by atoms with Crippen LogP contribution in [-0.4, -0.2) is 12.6 Å². The summed E-state index contributed by atoms with van der Waals surface area (Å²) >= 11 is 0. The van der Waals surface area contributed by atoms with E-state index in [-0.39, 0.29) is 6.04 Å². The minimum atomic E-state index is -0.0632. The van der Waals surface area contributed by atoms with Crippen LogP contribution in [0.3, 0.4) is 0 Å². The maximum absolute atomic E-state index is 8.84. The lowest BCUT2D eigenvalue weighted by molar-refractivity contribution is 0.529. The highest BCUT2D eigenvalue weighted by atomic mass is 14.9. The zero-order valence-corrected chi connectivity index (χ0v) is 10.5. The molecule has 0 aliphatic carbocycles. The first-order chi connectivity index (χ1) is 7.85. The van der Waals surface area contributed by atoms with E-state index in [1.54, 1.807) is 0 Å². The Kier molecular flexibility index (Phi) is 11.3. The monoisotopic (exact) mass is 220 g/mol. The van der Waals surface area contributed by atoms with Gasteiger partial charge in [0.05, 0.1) is 18.7 Å². The molecule has 0 fully saturated rings. The van der Waals surface area contributed by atoms with Gasteiger partial charge < -0.3 is 0 Å². The van der Waals surface area contributed by atoms with Crippen LogP contribution in [0.5, 0.6) is 0 Å². The van der Waals surface area contributed by atoms with Gasteiger partial charge in [-0.15, -0.1) is 6.42 Å². The summed E-state index contributed by atoms with van der Waals surface area (Å²) in [5.41, 5.74) is 0. The van der Waals surface area contributed by atoms with Gasteiger partial charge in [0.25, 0.3) is 0 Å². The average molecular weight is 220 g/mol. The normalized spacial score (nSPS) is 11.7. The topological polar surface area (TPSA) is 35.8 Å². The summed E-state index contributed by atoms with van der Waals surface area (Å²) < 4.78 is 0. The van der Waals surface area contributed by atoms with Crippen LogP contribution in [0.15, 0.2) is 0 Å². The van der Waals surface area contributed by atoms with Crippen LogP contribution < -0.4 is 5.32 Å². The molecule has 0 aromatic rings. The second-order valence-electron chi connectivity index (χ2n) is 4.18. The third kappa shape index (κ3) is 9.56. The maximum atomic E-state index is 8.84. The van der Waals surface area contributed by atoms with Gasteiger partial charge in [0, 0.05) is 0 Å². The first-order valence-electron chi connectivity index (χ1n) is 6.41. The van der Waals surface area contributed by atoms with E-state index < -0.39 is 0 Å². The predicted octanol–water partition coefficient (Wildman–Crippen LogP) is 3.24. The van der Waals surface area contributed by atoms with E-state index in [0.717, 1.165) is 12.8 Å². The van der Waals surface area contributed by atoms with Crippen LogP contribution in [0.1, 0.15) is 58.3 Å². The smallest absolute Gasteiger partial charge is 0.0960 e. The number of rotatable bonds is 10. The number of hydrogen-bond donors (Lipinski definition) is 1. The van der Waals surface area contributed by atoms with Crippen molar-refractivity contribution in [2.45, 2.75) is 64.3 Å². The van der Waals surface area contributed by atoms with E-state index in [9.17, 15) is 0 Å². The van der Waals surface area contributed by atoms with Crippen LogP contribution in [0.2, 0.25) is 0 Å². The fourth-order valence-electron chi connectivity index (χ4n) is 1.70.